The molecule has 23 heavy (non-hydrogen) atoms. The van der Waals surface area contributed by atoms with Gasteiger partial charge in [0.25, 0.3) is 11.5 Å². The summed E-state index contributed by atoms with van der Waals surface area (Å²) in [6.45, 7) is 1.31. The molecule has 3 aromatic heterocycles. The number of hydrogen-bond acceptors (Lipinski definition) is 5. The number of thiazole rings is 1. The van der Waals surface area contributed by atoms with Crippen LogP contribution >= 0.6 is 11.3 Å². The van der Waals surface area contributed by atoms with Gasteiger partial charge in [0.15, 0.2) is 4.96 Å². The van der Waals surface area contributed by atoms with Gasteiger partial charge in [-0.3, -0.25) is 18.7 Å². The summed E-state index contributed by atoms with van der Waals surface area (Å²) in [6, 6.07) is 1.92. The predicted octanol–water partition coefficient (Wildman–Crippen LogP) is 1.26. The summed E-state index contributed by atoms with van der Waals surface area (Å²) in [5.41, 5.74) is -0.167. The van der Waals surface area contributed by atoms with Crippen molar-refractivity contribution in [3.05, 3.63) is 52.2 Å². The number of carbonyl (C=O) groups excluding carboxylic acids is 1. The maximum atomic E-state index is 12.8. The van der Waals surface area contributed by atoms with Crippen molar-refractivity contribution < 1.29 is 4.79 Å². The predicted molar refractivity (Wildman–Crippen MR) is 85.6 cm³/mol. The molecule has 1 unspecified atom stereocenters. The fraction of sp³-hybridized carbons (Fsp3) is 0.333. The van der Waals surface area contributed by atoms with Crippen LogP contribution in [0.5, 0.6) is 0 Å². The van der Waals surface area contributed by atoms with Gasteiger partial charge >= 0.3 is 0 Å². The minimum absolute atomic E-state index is 0.0602. The Hall–Kier alpha value is -2.48. The van der Waals surface area contributed by atoms with E-state index in [0.29, 0.717) is 18.1 Å². The van der Waals surface area contributed by atoms with Gasteiger partial charge in [-0.25, -0.2) is 4.98 Å². The van der Waals surface area contributed by atoms with Crippen molar-refractivity contribution in [2.45, 2.75) is 25.4 Å². The first-order valence-electron chi connectivity index (χ1n) is 7.47. The summed E-state index contributed by atoms with van der Waals surface area (Å²) < 4.78 is 3.25. The Morgan fingerprint density at radius 3 is 3.13 bits per heavy atom. The third kappa shape index (κ3) is 2.44. The standard InChI is InChI=1S/C15H15N5O2S/c21-13(12-9-16-15-20(14(12)22)7-8-23-15)19-6-1-3-11(19)10-18-5-2-4-17-18/h2,4-5,7-9,11H,1,3,6,10H2. The lowest BCUT2D eigenvalue weighted by Gasteiger charge is -2.24. The lowest BCUT2D eigenvalue weighted by Crippen LogP contribution is -2.40. The summed E-state index contributed by atoms with van der Waals surface area (Å²) in [4.78, 5) is 31.9. The van der Waals surface area contributed by atoms with Crippen LogP contribution in [0.15, 0.2) is 41.0 Å². The monoisotopic (exact) mass is 329 g/mol. The summed E-state index contributed by atoms with van der Waals surface area (Å²) in [6.07, 6.45) is 8.52. The Morgan fingerprint density at radius 1 is 1.39 bits per heavy atom. The quantitative estimate of drug-likeness (QED) is 0.725. The van der Waals surface area contributed by atoms with E-state index in [-0.39, 0.29) is 23.1 Å². The van der Waals surface area contributed by atoms with Crippen LogP contribution in [0.3, 0.4) is 0 Å². The zero-order valence-corrected chi connectivity index (χ0v) is 13.1. The van der Waals surface area contributed by atoms with E-state index < -0.39 is 0 Å². The second-order valence-electron chi connectivity index (χ2n) is 5.56. The molecule has 0 bridgehead atoms. The molecule has 118 valence electrons. The topological polar surface area (TPSA) is 72.5 Å². The minimum atomic E-state index is -0.300. The molecule has 1 atom stereocenters. The van der Waals surface area contributed by atoms with Crippen LogP contribution < -0.4 is 5.56 Å². The zero-order valence-electron chi connectivity index (χ0n) is 12.3. The second-order valence-corrected chi connectivity index (χ2v) is 6.43. The van der Waals surface area contributed by atoms with Gasteiger partial charge in [0.1, 0.15) is 5.56 Å². The average molecular weight is 329 g/mol. The summed E-state index contributed by atoms with van der Waals surface area (Å²) in [7, 11) is 0. The van der Waals surface area contributed by atoms with Crippen LogP contribution in [-0.4, -0.2) is 42.6 Å². The average Bonchev–Trinajstić information content (AvgIpc) is 3.29. The number of hydrogen-bond donors (Lipinski definition) is 0. The Bertz CT molecular complexity index is 898. The van der Waals surface area contributed by atoms with E-state index in [0.717, 1.165) is 12.8 Å². The normalized spacial score (nSPS) is 17.9. The summed E-state index contributed by atoms with van der Waals surface area (Å²) >= 11 is 1.37. The molecular weight excluding hydrogens is 314 g/mol. The lowest BCUT2D eigenvalue weighted by molar-refractivity contribution is 0.0719. The van der Waals surface area contributed by atoms with Gasteiger partial charge in [0.05, 0.1) is 12.6 Å². The Kier molecular flexibility index (Phi) is 3.45. The van der Waals surface area contributed by atoms with Gasteiger partial charge in [-0.15, -0.1) is 11.3 Å². The van der Waals surface area contributed by atoms with Crippen molar-refractivity contribution >= 4 is 22.2 Å². The summed E-state index contributed by atoms with van der Waals surface area (Å²) in [5.74, 6) is -0.238. The van der Waals surface area contributed by atoms with E-state index in [9.17, 15) is 9.59 Å². The molecule has 7 nitrogen and oxygen atoms in total. The molecule has 4 heterocycles. The molecule has 8 heteroatoms. The molecule has 0 aromatic carbocycles. The number of aromatic nitrogens is 4. The molecule has 0 saturated carbocycles. The van der Waals surface area contributed by atoms with Gasteiger partial charge in [-0.2, -0.15) is 5.10 Å². The third-order valence-corrected chi connectivity index (χ3v) is 4.94. The highest BCUT2D eigenvalue weighted by atomic mass is 32.1. The maximum Gasteiger partial charge on any atom is 0.271 e. The van der Waals surface area contributed by atoms with Gasteiger partial charge in [-0.05, 0) is 18.9 Å². The van der Waals surface area contributed by atoms with Crippen molar-refractivity contribution in [3.63, 3.8) is 0 Å². The van der Waals surface area contributed by atoms with Crippen LogP contribution in [0, 0.1) is 0 Å². The molecule has 0 aliphatic carbocycles. The van der Waals surface area contributed by atoms with Crippen molar-refractivity contribution in [2.75, 3.05) is 6.54 Å². The van der Waals surface area contributed by atoms with Crippen LogP contribution in [-0.2, 0) is 6.54 Å². The first-order valence-corrected chi connectivity index (χ1v) is 8.35. The van der Waals surface area contributed by atoms with Crippen LogP contribution in [0.1, 0.15) is 23.2 Å². The smallest absolute Gasteiger partial charge is 0.271 e. The zero-order chi connectivity index (χ0) is 15.8. The number of amides is 1. The SMILES string of the molecule is O=C(c1cnc2sccn2c1=O)N1CCCC1Cn1cccn1. The highest BCUT2D eigenvalue weighted by Gasteiger charge is 2.31. The highest BCUT2D eigenvalue weighted by Crippen LogP contribution is 2.20. The van der Waals surface area contributed by atoms with E-state index in [1.165, 1.54) is 21.9 Å². The van der Waals surface area contributed by atoms with E-state index in [1.807, 2.05) is 16.9 Å². The van der Waals surface area contributed by atoms with Gasteiger partial charge in [0, 0.05) is 36.7 Å². The van der Waals surface area contributed by atoms with Crippen molar-refractivity contribution in [3.8, 4) is 0 Å². The molecule has 4 rings (SSSR count). The Labute approximate surface area is 135 Å². The fourth-order valence-electron chi connectivity index (χ4n) is 3.04. The number of fused-ring (bicyclic) bond motifs is 1. The van der Waals surface area contributed by atoms with Gasteiger partial charge in [0.2, 0.25) is 0 Å². The van der Waals surface area contributed by atoms with E-state index in [1.54, 1.807) is 22.7 Å². The molecule has 0 N–H and O–H groups in total. The van der Waals surface area contributed by atoms with Crippen molar-refractivity contribution in [2.24, 2.45) is 0 Å². The summed E-state index contributed by atoms with van der Waals surface area (Å²) in [5, 5.41) is 5.99. The van der Waals surface area contributed by atoms with Crippen molar-refractivity contribution in [1.29, 1.82) is 0 Å². The molecule has 0 radical (unpaired) electrons. The molecular formula is C15H15N5O2S. The molecule has 3 aromatic rings. The number of carbonyl (C=O) groups is 1. The molecule has 1 aliphatic rings. The van der Waals surface area contributed by atoms with Crippen LogP contribution in [0.25, 0.3) is 4.96 Å². The first kappa shape index (κ1) is 14.1. The molecule has 1 fully saturated rings. The molecule has 1 saturated heterocycles. The molecule has 1 aliphatic heterocycles. The van der Waals surface area contributed by atoms with Crippen molar-refractivity contribution in [1.82, 2.24) is 24.1 Å². The van der Waals surface area contributed by atoms with E-state index in [2.05, 4.69) is 10.1 Å². The van der Waals surface area contributed by atoms with Crippen LogP contribution in [0.2, 0.25) is 0 Å². The largest absolute Gasteiger partial charge is 0.334 e. The highest BCUT2D eigenvalue weighted by molar-refractivity contribution is 7.15. The molecule has 1 amide bonds. The fourth-order valence-corrected chi connectivity index (χ4v) is 3.72. The lowest BCUT2D eigenvalue weighted by atomic mass is 10.2. The number of likely N-dealkylation sites (tertiary alicyclic amines) is 1. The second kappa shape index (κ2) is 5.62. The Balaban J connectivity index is 1.64. The van der Waals surface area contributed by atoms with Crippen LogP contribution in [0.4, 0.5) is 0 Å². The molecule has 0 spiro atoms. The number of nitrogens with zero attached hydrogens (tertiary/aromatic N) is 5. The maximum absolute atomic E-state index is 12.8. The third-order valence-electron chi connectivity index (χ3n) is 4.17. The van der Waals surface area contributed by atoms with E-state index >= 15 is 0 Å². The Morgan fingerprint density at radius 2 is 2.30 bits per heavy atom. The van der Waals surface area contributed by atoms with Gasteiger partial charge in [-0.1, -0.05) is 0 Å². The number of rotatable bonds is 3. The van der Waals surface area contributed by atoms with Gasteiger partial charge < -0.3 is 4.90 Å². The minimum Gasteiger partial charge on any atom is -0.334 e. The van der Waals surface area contributed by atoms with E-state index in [4.69, 9.17) is 0 Å². The first-order chi connectivity index (χ1) is 11.2.